The Kier molecular flexibility index (Phi) is 8.37. The fourth-order valence-electron chi connectivity index (χ4n) is 12.1. The first-order chi connectivity index (χ1) is 33.3. The minimum Gasteiger partial charge on any atom is -0.310 e. The van der Waals surface area contributed by atoms with Crippen LogP contribution in [0.3, 0.4) is 0 Å². The topological polar surface area (TPSA) is 8.17 Å². The molecule has 14 rings (SSSR count). The smallest absolute Gasteiger partial charge is 0.0626 e. The standard InChI is InChI=1S/C65H46N2S/c1-39-15-8-9-20-47(39)48-31-28-44(35-40(48)2)66(45-30-34-60-55(37-45)51-21-10-11-26-59(51)68-60)46-29-32-50-52-23-14-22-49(63(52)65(3,4)57(50)38-46)42-27-33-58-56(36-42)62-53-24-12-16-41-17-13-25-54(61(41)53)64(62)67(58)43-18-6-5-7-19-43/h5-38H,1-4H3. The molecule has 2 aliphatic carbocycles. The van der Waals surface area contributed by atoms with Crippen LogP contribution in [-0.4, -0.2) is 4.57 Å². The molecule has 12 aromatic rings. The lowest BCUT2D eigenvalue weighted by molar-refractivity contribution is 0.662. The number of anilines is 3. The summed E-state index contributed by atoms with van der Waals surface area (Å²) in [7, 11) is 0. The average Bonchev–Trinajstić information content (AvgIpc) is 4.08. The van der Waals surface area contributed by atoms with Crippen LogP contribution < -0.4 is 4.90 Å². The van der Waals surface area contributed by atoms with Gasteiger partial charge in [0.05, 0.1) is 11.2 Å². The van der Waals surface area contributed by atoms with E-state index in [0.29, 0.717) is 0 Å². The molecule has 0 saturated heterocycles. The molecule has 0 amide bonds. The Labute approximate surface area is 400 Å². The van der Waals surface area contributed by atoms with Crippen molar-refractivity contribution in [2.24, 2.45) is 0 Å². The fraction of sp³-hybridized carbons (Fsp3) is 0.0769. The highest BCUT2D eigenvalue weighted by Crippen LogP contribution is 2.56. The predicted octanol–water partition coefficient (Wildman–Crippen LogP) is 18.5. The molecule has 2 nitrogen and oxygen atoms in total. The van der Waals surface area contributed by atoms with Gasteiger partial charge in [0.25, 0.3) is 0 Å². The van der Waals surface area contributed by atoms with Gasteiger partial charge in [0.1, 0.15) is 0 Å². The van der Waals surface area contributed by atoms with Crippen molar-refractivity contribution in [1.29, 1.82) is 0 Å². The molecule has 0 fully saturated rings. The van der Waals surface area contributed by atoms with Crippen LogP contribution in [-0.2, 0) is 5.41 Å². The van der Waals surface area contributed by atoms with E-state index >= 15 is 0 Å². The van der Waals surface area contributed by atoms with Crippen LogP contribution in [0.4, 0.5) is 17.1 Å². The number of hydrogen-bond donors (Lipinski definition) is 0. The third-order valence-corrected chi connectivity index (χ3v) is 16.3. The monoisotopic (exact) mass is 886 g/mol. The highest BCUT2D eigenvalue weighted by atomic mass is 32.1. The quantitative estimate of drug-likeness (QED) is 0.161. The van der Waals surface area contributed by atoms with E-state index in [9.17, 15) is 0 Å². The van der Waals surface area contributed by atoms with Gasteiger partial charge in [0, 0.05) is 64.8 Å². The van der Waals surface area contributed by atoms with E-state index in [2.05, 4.69) is 243 Å². The van der Waals surface area contributed by atoms with Crippen molar-refractivity contribution >= 4 is 70.2 Å². The van der Waals surface area contributed by atoms with Gasteiger partial charge in [-0.1, -0.05) is 147 Å². The van der Waals surface area contributed by atoms with Crippen LogP contribution in [0.25, 0.3) is 103 Å². The molecule has 0 unspecified atom stereocenters. The summed E-state index contributed by atoms with van der Waals surface area (Å²) in [5.74, 6) is 0. The second-order valence-electron chi connectivity index (χ2n) is 19.3. The normalized spacial score (nSPS) is 13.1. The van der Waals surface area contributed by atoms with Crippen molar-refractivity contribution < 1.29 is 0 Å². The minimum absolute atomic E-state index is 0.282. The van der Waals surface area contributed by atoms with Crippen LogP contribution in [0, 0.1) is 13.8 Å². The number of para-hydroxylation sites is 1. The third-order valence-electron chi connectivity index (χ3n) is 15.2. The molecule has 68 heavy (non-hydrogen) atoms. The number of aromatic nitrogens is 1. The molecule has 2 heterocycles. The number of aryl methyl sites for hydroxylation is 2. The lowest BCUT2D eigenvalue weighted by Crippen LogP contribution is -2.17. The zero-order valence-electron chi connectivity index (χ0n) is 38.4. The number of nitrogens with zero attached hydrogens (tertiary/aromatic N) is 2. The first-order valence-electron chi connectivity index (χ1n) is 23.7. The maximum Gasteiger partial charge on any atom is 0.0626 e. The van der Waals surface area contributed by atoms with Crippen LogP contribution >= 0.6 is 11.3 Å². The lowest BCUT2D eigenvalue weighted by atomic mass is 9.78. The Balaban J connectivity index is 0.927. The van der Waals surface area contributed by atoms with E-state index < -0.39 is 0 Å². The summed E-state index contributed by atoms with van der Waals surface area (Å²) in [6.07, 6.45) is 0. The summed E-state index contributed by atoms with van der Waals surface area (Å²) >= 11 is 1.87. The SMILES string of the molecule is Cc1ccccc1-c1ccc(N(c2ccc3c(c2)C(C)(C)c2c(-c4ccc5c(c4)c4c(n5-c5ccccc5)-c5cccc6cccc-4c56)cccc2-3)c2ccc3sc4ccccc4c3c2)cc1C. The summed E-state index contributed by atoms with van der Waals surface area (Å²) in [6.45, 7) is 9.32. The number of fused-ring (bicyclic) bond motifs is 11. The second kappa shape index (κ2) is 14.5. The van der Waals surface area contributed by atoms with Gasteiger partial charge in [0.2, 0.25) is 0 Å². The molecule has 2 aromatic heterocycles. The molecule has 0 spiro atoms. The molecule has 0 N–H and O–H groups in total. The zero-order valence-corrected chi connectivity index (χ0v) is 39.2. The van der Waals surface area contributed by atoms with Crippen LogP contribution in [0.2, 0.25) is 0 Å². The molecule has 10 aromatic carbocycles. The van der Waals surface area contributed by atoms with Gasteiger partial charge in [0.15, 0.2) is 0 Å². The van der Waals surface area contributed by atoms with Crippen LogP contribution in [0.1, 0.15) is 36.1 Å². The first-order valence-corrected chi connectivity index (χ1v) is 24.6. The molecule has 0 aliphatic heterocycles. The van der Waals surface area contributed by atoms with Gasteiger partial charge >= 0.3 is 0 Å². The molecule has 3 heteroatoms. The van der Waals surface area contributed by atoms with Gasteiger partial charge < -0.3 is 9.47 Å². The predicted molar refractivity (Wildman–Crippen MR) is 291 cm³/mol. The Morgan fingerprint density at radius 2 is 1.09 bits per heavy atom. The first kappa shape index (κ1) is 39.2. The number of benzene rings is 10. The fourth-order valence-corrected chi connectivity index (χ4v) is 13.2. The average molecular weight is 887 g/mol. The van der Waals surface area contributed by atoms with Crippen molar-refractivity contribution in [3.05, 3.63) is 229 Å². The molecular weight excluding hydrogens is 841 g/mol. The maximum atomic E-state index is 2.49. The number of hydrogen-bond acceptors (Lipinski definition) is 2. The van der Waals surface area contributed by atoms with Crippen molar-refractivity contribution in [3.63, 3.8) is 0 Å². The molecule has 0 saturated carbocycles. The van der Waals surface area contributed by atoms with Gasteiger partial charge in [-0.15, -0.1) is 11.3 Å². The van der Waals surface area contributed by atoms with Crippen molar-refractivity contribution in [1.82, 2.24) is 4.57 Å². The van der Waals surface area contributed by atoms with Gasteiger partial charge in [-0.05, 0) is 159 Å². The van der Waals surface area contributed by atoms with Crippen LogP contribution in [0.15, 0.2) is 206 Å². The summed E-state index contributed by atoms with van der Waals surface area (Å²) in [5, 5.41) is 6.52. The summed E-state index contributed by atoms with van der Waals surface area (Å²) in [5.41, 5.74) is 23.8. The van der Waals surface area contributed by atoms with Crippen molar-refractivity contribution in [2.45, 2.75) is 33.1 Å². The van der Waals surface area contributed by atoms with E-state index in [0.717, 1.165) is 17.1 Å². The summed E-state index contributed by atoms with van der Waals surface area (Å²) in [4.78, 5) is 2.48. The molecule has 2 aliphatic rings. The van der Waals surface area contributed by atoms with Crippen molar-refractivity contribution in [3.8, 4) is 61.5 Å². The summed E-state index contributed by atoms with van der Waals surface area (Å²) in [6, 6.07) is 77.3. The minimum atomic E-state index is -0.282. The van der Waals surface area contributed by atoms with Gasteiger partial charge in [-0.25, -0.2) is 0 Å². The van der Waals surface area contributed by atoms with E-state index in [1.165, 1.54) is 126 Å². The Hall–Kier alpha value is -7.98. The third kappa shape index (κ3) is 5.57. The lowest BCUT2D eigenvalue weighted by Gasteiger charge is -2.29. The van der Waals surface area contributed by atoms with E-state index in [4.69, 9.17) is 0 Å². The summed E-state index contributed by atoms with van der Waals surface area (Å²) < 4.78 is 5.11. The molecule has 0 atom stereocenters. The van der Waals surface area contributed by atoms with E-state index in [1.807, 2.05) is 11.3 Å². The van der Waals surface area contributed by atoms with Crippen LogP contribution in [0.5, 0.6) is 0 Å². The molecular formula is C65H46N2S. The van der Waals surface area contributed by atoms with Gasteiger partial charge in [-0.2, -0.15) is 0 Å². The highest BCUT2D eigenvalue weighted by Gasteiger charge is 2.39. The van der Waals surface area contributed by atoms with E-state index in [-0.39, 0.29) is 5.41 Å². The molecule has 322 valence electrons. The van der Waals surface area contributed by atoms with E-state index in [1.54, 1.807) is 0 Å². The molecule has 0 bridgehead atoms. The zero-order chi connectivity index (χ0) is 45.4. The maximum absolute atomic E-state index is 2.49. The Bertz CT molecular complexity index is 4080. The Morgan fingerprint density at radius 3 is 1.93 bits per heavy atom. The van der Waals surface area contributed by atoms with Crippen molar-refractivity contribution in [2.75, 3.05) is 4.90 Å². The molecule has 0 radical (unpaired) electrons. The van der Waals surface area contributed by atoms with Gasteiger partial charge in [-0.3, -0.25) is 0 Å². The second-order valence-corrected chi connectivity index (χ2v) is 20.4. The number of thiophene rings is 1. The Morgan fingerprint density at radius 1 is 0.441 bits per heavy atom. The highest BCUT2D eigenvalue weighted by molar-refractivity contribution is 7.25. The number of rotatable bonds is 6. The largest absolute Gasteiger partial charge is 0.310 e.